The number of benzene rings is 2. The lowest BCUT2D eigenvalue weighted by atomic mass is 10.1. The summed E-state index contributed by atoms with van der Waals surface area (Å²) < 4.78 is 0. The topological polar surface area (TPSA) is 61.4 Å². The van der Waals surface area contributed by atoms with Crippen molar-refractivity contribution in [2.24, 2.45) is 0 Å². The maximum Gasteiger partial charge on any atom is 0.221 e. The van der Waals surface area contributed by atoms with Gasteiger partial charge in [0.25, 0.3) is 0 Å². The number of hydrogen-bond acceptors (Lipinski definition) is 3. The summed E-state index contributed by atoms with van der Waals surface area (Å²) >= 11 is 0. The Balaban J connectivity index is 1.90. The molecule has 0 aromatic heterocycles. The first-order chi connectivity index (χ1) is 10.2. The number of para-hydroxylation sites is 1. The molecule has 3 N–H and O–H groups in total. The summed E-state index contributed by atoms with van der Waals surface area (Å²) in [6, 6.07) is 17.2. The van der Waals surface area contributed by atoms with Crippen molar-refractivity contribution in [1.82, 2.24) is 5.32 Å². The average molecular weight is 284 g/mol. The molecule has 0 aliphatic rings. The molecule has 0 radical (unpaired) electrons. The molecule has 1 amide bonds. The van der Waals surface area contributed by atoms with Crippen LogP contribution in [0.4, 0.5) is 5.69 Å². The van der Waals surface area contributed by atoms with E-state index in [1.807, 2.05) is 54.6 Å². The molecule has 0 bridgehead atoms. The van der Waals surface area contributed by atoms with Gasteiger partial charge in [0.2, 0.25) is 5.91 Å². The molecule has 1 atom stereocenters. The molecule has 0 aliphatic heterocycles. The van der Waals surface area contributed by atoms with Crippen LogP contribution in [0.15, 0.2) is 54.6 Å². The highest BCUT2D eigenvalue weighted by Gasteiger charge is 2.07. The summed E-state index contributed by atoms with van der Waals surface area (Å²) in [5.74, 6) is -0.0910. The first-order valence-electron chi connectivity index (χ1n) is 6.96. The van der Waals surface area contributed by atoms with Crippen LogP contribution in [0.5, 0.6) is 0 Å². The zero-order valence-electron chi connectivity index (χ0n) is 12.0. The van der Waals surface area contributed by atoms with Crippen LogP contribution < -0.4 is 10.6 Å². The number of aliphatic hydroxyl groups is 1. The number of nitrogens with one attached hydrogen (secondary N) is 2. The van der Waals surface area contributed by atoms with E-state index in [9.17, 15) is 9.90 Å². The standard InChI is InChI=1S/C17H20N2O2/c1-13(20)19-16-10-6-5-9-15(16)11-18-12-17(21)14-7-3-2-4-8-14/h2-10,17-18,21H,11-12H2,1H3,(H,19,20). The van der Waals surface area contributed by atoms with Gasteiger partial charge in [-0.3, -0.25) is 4.79 Å². The minimum atomic E-state index is -0.542. The van der Waals surface area contributed by atoms with Crippen LogP contribution in [0.25, 0.3) is 0 Å². The van der Waals surface area contributed by atoms with E-state index < -0.39 is 6.10 Å². The van der Waals surface area contributed by atoms with Gasteiger partial charge in [-0.25, -0.2) is 0 Å². The third-order valence-corrected chi connectivity index (χ3v) is 3.17. The second kappa shape index (κ2) is 7.57. The van der Waals surface area contributed by atoms with Gasteiger partial charge in [-0.15, -0.1) is 0 Å². The van der Waals surface area contributed by atoms with E-state index >= 15 is 0 Å². The molecular weight excluding hydrogens is 264 g/mol. The van der Waals surface area contributed by atoms with E-state index in [4.69, 9.17) is 0 Å². The molecule has 2 aromatic carbocycles. The predicted octanol–water partition coefficient (Wildman–Crippen LogP) is 2.47. The molecule has 0 spiro atoms. The average Bonchev–Trinajstić information content (AvgIpc) is 2.49. The lowest BCUT2D eigenvalue weighted by molar-refractivity contribution is -0.114. The minimum absolute atomic E-state index is 0.0910. The van der Waals surface area contributed by atoms with Crippen molar-refractivity contribution in [1.29, 1.82) is 0 Å². The molecular formula is C17H20N2O2. The molecule has 4 nitrogen and oxygen atoms in total. The van der Waals surface area contributed by atoms with E-state index in [2.05, 4.69) is 10.6 Å². The fraction of sp³-hybridized carbons (Fsp3) is 0.235. The zero-order valence-corrected chi connectivity index (χ0v) is 12.0. The largest absolute Gasteiger partial charge is 0.387 e. The van der Waals surface area contributed by atoms with Crippen LogP contribution in [-0.2, 0) is 11.3 Å². The van der Waals surface area contributed by atoms with Crippen LogP contribution in [-0.4, -0.2) is 17.6 Å². The smallest absolute Gasteiger partial charge is 0.221 e. The van der Waals surface area contributed by atoms with E-state index in [0.29, 0.717) is 13.1 Å². The van der Waals surface area contributed by atoms with Gasteiger partial charge in [-0.1, -0.05) is 48.5 Å². The number of rotatable bonds is 6. The Morgan fingerprint density at radius 1 is 1.10 bits per heavy atom. The molecule has 0 fully saturated rings. The third kappa shape index (κ3) is 4.70. The Hall–Kier alpha value is -2.17. The lowest BCUT2D eigenvalue weighted by Gasteiger charge is -2.14. The summed E-state index contributed by atoms with van der Waals surface area (Å²) in [5, 5.41) is 16.1. The maximum atomic E-state index is 11.2. The van der Waals surface area contributed by atoms with Crippen molar-refractivity contribution in [2.45, 2.75) is 19.6 Å². The van der Waals surface area contributed by atoms with Gasteiger partial charge >= 0.3 is 0 Å². The molecule has 0 heterocycles. The van der Waals surface area contributed by atoms with Gasteiger partial charge in [0.1, 0.15) is 0 Å². The maximum absolute atomic E-state index is 11.2. The quantitative estimate of drug-likeness (QED) is 0.763. The molecule has 21 heavy (non-hydrogen) atoms. The Morgan fingerprint density at radius 3 is 2.48 bits per heavy atom. The van der Waals surface area contributed by atoms with E-state index in [-0.39, 0.29) is 5.91 Å². The van der Waals surface area contributed by atoms with E-state index in [1.165, 1.54) is 6.92 Å². The van der Waals surface area contributed by atoms with Crippen molar-refractivity contribution >= 4 is 11.6 Å². The molecule has 4 heteroatoms. The molecule has 2 rings (SSSR count). The van der Waals surface area contributed by atoms with Crippen molar-refractivity contribution in [2.75, 3.05) is 11.9 Å². The first kappa shape index (κ1) is 15.2. The number of aliphatic hydroxyl groups excluding tert-OH is 1. The Bertz CT molecular complexity index is 584. The highest BCUT2D eigenvalue weighted by Crippen LogP contribution is 2.15. The molecule has 0 saturated carbocycles. The van der Waals surface area contributed by atoms with Crippen molar-refractivity contribution in [3.05, 3.63) is 65.7 Å². The monoisotopic (exact) mass is 284 g/mol. The summed E-state index contributed by atoms with van der Waals surface area (Å²) in [6.07, 6.45) is -0.542. The molecule has 1 unspecified atom stereocenters. The fourth-order valence-electron chi connectivity index (χ4n) is 2.12. The predicted molar refractivity (Wildman–Crippen MR) is 83.9 cm³/mol. The molecule has 2 aromatic rings. The van der Waals surface area contributed by atoms with Crippen LogP contribution >= 0.6 is 0 Å². The second-order valence-corrected chi connectivity index (χ2v) is 4.90. The zero-order chi connectivity index (χ0) is 15.1. The van der Waals surface area contributed by atoms with E-state index in [1.54, 1.807) is 0 Å². The lowest BCUT2D eigenvalue weighted by Crippen LogP contribution is -2.22. The van der Waals surface area contributed by atoms with Gasteiger partial charge in [0.15, 0.2) is 0 Å². The van der Waals surface area contributed by atoms with Gasteiger partial charge in [0.05, 0.1) is 6.10 Å². The fourth-order valence-corrected chi connectivity index (χ4v) is 2.12. The highest BCUT2D eigenvalue weighted by molar-refractivity contribution is 5.89. The highest BCUT2D eigenvalue weighted by atomic mass is 16.3. The summed E-state index contributed by atoms with van der Waals surface area (Å²) in [5.41, 5.74) is 2.68. The number of carbonyl (C=O) groups excluding carboxylic acids is 1. The van der Waals surface area contributed by atoms with Gasteiger partial charge < -0.3 is 15.7 Å². The number of anilines is 1. The summed E-state index contributed by atoms with van der Waals surface area (Å²) in [4.78, 5) is 11.2. The van der Waals surface area contributed by atoms with Crippen LogP contribution in [0.2, 0.25) is 0 Å². The summed E-state index contributed by atoms with van der Waals surface area (Å²) in [7, 11) is 0. The van der Waals surface area contributed by atoms with Crippen molar-refractivity contribution in [3.63, 3.8) is 0 Å². The van der Waals surface area contributed by atoms with Crippen LogP contribution in [0.1, 0.15) is 24.2 Å². The SMILES string of the molecule is CC(=O)Nc1ccccc1CNCC(O)c1ccccc1. The Labute approximate surface area is 124 Å². The van der Waals surface area contributed by atoms with Crippen molar-refractivity contribution in [3.8, 4) is 0 Å². The van der Waals surface area contributed by atoms with Gasteiger partial charge in [-0.05, 0) is 17.2 Å². The van der Waals surface area contributed by atoms with Gasteiger partial charge in [-0.2, -0.15) is 0 Å². The normalized spacial score (nSPS) is 11.9. The summed E-state index contributed by atoms with van der Waals surface area (Å²) in [6.45, 7) is 2.53. The third-order valence-electron chi connectivity index (χ3n) is 3.17. The van der Waals surface area contributed by atoms with Gasteiger partial charge in [0, 0.05) is 25.7 Å². The minimum Gasteiger partial charge on any atom is -0.387 e. The Kier molecular flexibility index (Phi) is 5.49. The molecule has 0 saturated heterocycles. The first-order valence-corrected chi connectivity index (χ1v) is 6.96. The second-order valence-electron chi connectivity index (χ2n) is 4.90. The number of hydrogen-bond donors (Lipinski definition) is 3. The van der Waals surface area contributed by atoms with Crippen LogP contribution in [0, 0.1) is 0 Å². The van der Waals surface area contributed by atoms with Crippen molar-refractivity contribution < 1.29 is 9.90 Å². The Morgan fingerprint density at radius 2 is 1.76 bits per heavy atom. The van der Waals surface area contributed by atoms with Crippen LogP contribution in [0.3, 0.4) is 0 Å². The molecule has 0 aliphatic carbocycles. The number of amides is 1. The van der Waals surface area contributed by atoms with E-state index in [0.717, 1.165) is 16.8 Å². The molecule has 110 valence electrons. The number of carbonyl (C=O) groups is 1.